The van der Waals surface area contributed by atoms with Crippen molar-refractivity contribution in [3.8, 4) is 11.5 Å². The van der Waals surface area contributed by atoms with E-state index in [0.29, 0.717) is 58.0 Å². The number of benzene rings is 3. The fourth-order valence-corrected chi connectivity index (χ4v) is 3.62. The van der Waals surface area contributed by atoms with Crippen LogP contribution in [-0.4, -0.2) is 10.9 Å². The van der Waals surface area contributed by atoms with E-state index in [9.17, 15) is 9.90 Å². The highest BCUT2D eigenvalue weighted by Crippen LogP contribution is 2.38. The maximum absolute atomic E-state index is 13.3. The third-order valence-electron chi connectivity index (χ3n) is 5.02. The number of fused-ring (bicyclic) bond motifs is 1. The number of hydrogen-bond acceptors (Lipinski definition) is 6. The molecule has 158 valence electrons. The SMILES string of the molecule is CCCc1oc2cc(OCc3ccccc3)c(O)cc2c1C(=O)c1cc(N)cc(N)c1. The normalized spacial score (nSPS) is 11.0. The Hall–Kier alpha value is -3.93. The van der Waals surface area contributed by atoms with Crippen molar-refractivity contribution in [1.82, 2.24) is 0 Å². The van der Waals surface area contributed by atoms with Gasteiger partial charge < -0.3 is 25.7 Å². The zero-order valence-electron chi connectivity index (χ0n) is 17.2. The van der Waals surface area contributed by atoms with Gasteiger partial charge in [0.2, 0.25) is 0 Å². The topological polar surface area (TPSA) is 112 Å². The number of furan rings is 1. The van der Waals surface area contributed by atoms with E-state index in [1.54, 1.807) is 24.3 Å². The molecule has 31 heavy (non-hydrogen) atoms. The fraction of sp³-hybridized carbons (Fsp3) is 0.160. The molecule has 1 aromatic heterocycles. The number of phenolic OH excluding ortho intramolecular Hbond substituents is 1. The van der Waals surface area contributed by atoms with E-state index >= 15 is 0 Å². The molecule has 0 aliphatic heterocycles. The van der Waals surface area contributed by atoms with Gasteiger partial charge in [-0.25, -0.2) is 0 Å². The molecule has 6 nitrogen and oxygen atoms in total. The first-order valence-electron chi connectivity index (χ1n) is 10.1. The summed E-state index contributed by atoms with van der Waals surface area (Å²) in [7, 11) is 0. The molecular weight excluding hydrogens is 392 g/mol. The van der Waals surface area contributed by atoms with Gasteiger partial charge in [-0.1, -0.05) is 37.3 Å². The lowest BCUT2D eigenvalue weighted by Crippen LogP contribution is -2.06. The largest absolute Gasteiger partial charge is 0.504 e. The average Bonchev–Trinajstić information content (AvgIpc) is 3.08. The summed E-state index contributed by atoms with van der Waals surface area (Å²) >= 11 is 0. The van der Waals surface area contributed by atoms with Gasteiger partial charge >= 0.3 is 0 Å². The Kier molecular flexibility index (Phi) is 5.54. The van der Waals surface area contributed by atoms with Gasteiger partial charge in [-0.15, -0.1) is 0 Å². The first kappa shape index (κ1) is 20.3. The molecule has 1 heterocycles. The minimum absolute atomic E-state index is 0.0616. The molecule has 5 N–H and O–H groups in total. The predicted molar refractivity (Wildman–Crippen MR) is 121 cm³/mol. The number of hydrogen-bond donors (Lipinski definition) is 3. The van der Waals surface area contributed by atoms with Crippen LogP contribution in [0, 0.1) is 0 Å². The monoisotopic (exact) mass is 416 g/mol. The van der Waals surface area contributed by atoms with Gasteiger partial charge in [0.25, 0.3) is 0 Å². The van der Waals surface area contributed by atoms with Crippen LogP contribution in [0.4, 0.5) is 11.4 Å². The van der Waals surface area contributed by atoms with Crippen LogP contribution in [0.5, 0.6) is 11.5 Å². The molecule has 4 aromatic rings. The van der Waals surface area contributed by atoms with Crippen molar-refractivity contribution < 1.29 is 19.1 Å². The molecule has 0 unspecified atom stereocenters. The highest BCUT2D eigenvalue weighted by atomic mass is 16.5. The second-order valence-corrected chi connectivity index (χ2v) is 7.46. The van der Waals surface area contributed by atoms with Gasteiger partial charge in [0.05, 0.1) is 5.56 Å². The van der Waals surface area contributed by atoms with E-state index in [1.807, 2.05) is 37.3 Å². The summed E-state index contributed by atoms with van der Waals surface area (Å²) in [5.74, 6) is 0.537. The summed E-state index contributed by atoms with van der Waals surface area (Å²) in [4.78, 5) is 13.3. The van der Waals surface area contributed by atoms with Crippen molar-refractivity contribution in [1.29, 1.82) is 0 Å². The first-order valence-corrected chi connectivity index (χ1v) is 10.1. The van der Waals surface area contributed by atoms with Crippen molar-refractivity contribution in [2.24, 2.45) is 0 Å². The number of carbonyl (C=O) groups excluding carboxylic acids is 1. The molecule has 0 aliphatic carbocycles. The lowest BCUT2D eigenvalue weighted by Gasteiger charge is -2.08. The minimum atomic E-state index is -0.251. The smallest absolute Gasteiger partial charge is 0.197 e. The molecule has 4 rings (SSSR count). The van der Waals surface area contributed by atoms with Crippen LogP contribution < -0.4 is 16.2 Å². The number of aromatic hydroxyl groups is 1. The van der Waals surface area contributed by atoms with Crippen LogP contribution in [0.2, 0.25) is 0 Å². The third kappa shape index (κ3) is 4.19. The fourth-order valence-electron chi connectivity index (χ4n) is 3.62. The van der Waals surface area contributed by atoms with Gasteiger partial charge in [0.15, 0.2) is 17.3 Å². The number of ketones is 1. The summed E-state index contributed by atoms with van der Waals surface area (Å²) < 4.78 is 11.8. The second kappa shape index (κ2) is 8.44. The molecule has 0 atom stereocenters. The van der Waals surface area contributed by atoms with Crippen LogP contribution in [0.15, 0.2) is 65.1 Å². The van der Waals surface area contributed by atoms with Gasteiger partial charge in [0.1, 0.15) is 18.0 Å². The predicted octanol–water partition coefficient (Wildman–Crippen LogP) is 5.07. The highest BCUT2D eigenvalue weighted by molar-refractivity contribution is 6.17. The van der Waals surface area contributed by atoms with Crippen LogP contribution in [0.25, 0.3) is 11.0 Å². The lowest BCUT2D eigenvalue weighted by atomic mass is 9.97. The maximum Gasteiger partial charge on any atom is 0.197 e. The molecule has 0 amide bonds. The van der Waals surface area contributed by atoms with Gasteiger partial charge in [-0.2, -0.15) is 0 Å². The molecule has 0 spiro atoms. The number of anilines is 2. The third-order valence-corrected chi connectivity index (χ3v) is 5.02. The molecule has 0 saturated heterocycles. The van der Waals surface area contributed by atoms with Gasteiger partial charge in [-0.05, 0) is 36.2 Å². The Morgan fingerprint density at radius 2 is 1.74 bits per heavy atom. The summed E-state index contributed by atoms with van der Waals surface area (Å²) in [5, 5.41) is 11.1. The average molecular weight is 416 g/mol. The van der Waals surface area contributed by atoms with E-state index < -0.39 is 0 Å². The zero-order valence-corrected chi connectivity index (χ0v) is 17.2. The van der Waals surface area contributed by atoms with Crippen molar-refractivity contribution in [2.75, 3.05) is 11.5 Å². The van der Waals surface area contributed by atoms with E-state index in [1.165, 1.54) is 6.07 Å². The molecular formula is C25H24N2O4. The number of aryl methyl sites for hydroxylation is 1. The molecule has 0 radical (unpaired) electrons. The summed E-state index contributed by atoms with van der Waals surface area (Å²) in [5.41, 5.74) is 14.8. The van der Waals surface area contributed by atoms with E-state index in [-0.39, 0.29) is 11.5 Å². The summed E-state index contributed by atoms with van der Waals surface area (Å²) in [6, 6.07) is 17.6. The highest BCUT2D eigenvalue weighted by Gasteiger charge is 2.24. The molecule has 6 heteroatoms. The number of phenols is 1. The van der Waals surface area contributed by atoms with E-state index in [4.69, 9.17) is 20.6 Å². The molecule has 0 aliphatic rings. The number of nitrogens with two attached hydrogens (primary N) is 2. The van der Waals surface area contributed by atoms with Gasteiger partial charge in [-0.3, -0.25) is 4.79 Å². The first-order chi connectivity index (χ1) is 15.0. The Bertz CT molecular complexity index is 1230. The maximum atomic E-state index is 13.3. The number of carbonyl (C=O) groups is 1. The Balaban J connectivity index is 1.75. The van der Waals surface area contributed by atoms with Gasteiger partial charge in [0, 0.05) is 34.8 Å². The van der Waals surface area contributed by atoms with Crippen molar-refractivity contribution in [2.45, 2.75) is 26.4 Å². The van der Waals surface area contributed by atoms with E-state index in [0.717, 1.165) is 12.0 Å². The van der Waals surface area contributed by atoms with Crippen molar-refractivity contribution >= 4 is 28.1 Å². The quantitative estimate of drug-likeness (QED) is 0.287. The van der Waals surface area contributed by atoms with Crippen LogP contribution in [0.3, 0.4) is 0 Å². The zero-order chi connectivity index (χ0) is 22.0. The Morgan fingerprint density at radius 1 is 1.03 bits per heavy atom. The van der Waals surface area contributed by atoms with Crippen molar-refractivity contribution in [3.05, 3.63) is 83.1 Å². The standard InChI is InChI=1S/C25H24N2O4/c1-2-6-21-24(25(29)16-9-17(26)11-18(27)10-16)19-12-20(28)23(13-22(19)31-21)30-14-15-7-4-3-5-8-15/h3-5,7-13,28H,2,6,14,26-27H2,1H3. The minimum Gasteiger partial charge on any atom is -0.504 e. The van der Waals surface area contributed by atoms with Crippen molar-refractivity contribution in [3.63, 3.8) is 0 Å². The number of rotatable bonds is 7. The van der Waals surface area contributed by atoms with Crippen LogP contribution in [-0.2, 0) is 13.0 Å². The number of ether oxygens (including phenoxy) is 1. The molecule has 0 bridgehead atoms. The van der Waals surface area contributed by atoms with Crippen LogP contribution >= 0.6 is 0 Å². The molecule has 3 aromatic carbocycles. The Labute approximate surface area is 180 Å². The molecule has 0 saturated carbocycles. The summed E-state index contributed by atoms with van der Waals surface area (Å²) in [6.45, 7) is 2.31. The number of nitrogen functional groups attached to an aromatic ring is 2. The lowest BCUT2D eigenvalue weighted by molar-refractivity contribution is 0.103. The Morgan fingerprint density at radius 3 is 2.42 bits per heavy atom. The molecule has 0 fully saturated rings. The van der Waals surface area contributed by atoms with E-state index in [2.05, 4.69) is 0 Å². The second-order valence-electron chi connectivity index (χ2n) is 7.46. The summed E-state index contributed by atoms with van der Waals surface area (Å²) in [6.07, 6.45) is 1.37. The van der Waals surface area contributed by atoms with Crippen LogP contribution in [0.1, 0.15) is 40.6 Å².